The molecule has 1 rings (SSSR count). The van der Waals surface area contributed by atoms with Crippen LogP contribution in [0.2, 0.25) is 0 Å². The molecule has 69 valence electrons. The Balaban J connectivity index is 2.99. The Bertz CT molecular complexity index is 318. The van der Waals surface area contributed by atoms with Crippen LogP contribution >= 0.6 is 0 Å². The van der Waals surface area contributed by atoms with Gasteiger partial charge in [0.2, 0.25) is 0 Å². The minimum Gasteiger partial charge on any atom is -0.462 e. The minimum absolute atomic E-state index is 0.113. The number of hydrogen-bond acceptors (Lipinski definition) is 2. The van der Waals surface area contributed by atoms with Crippen LogP contribution in [0, 0.1) is 6.92 Å². The van der Waals surface area contributed by atoms with Crippen LogP contribution in [0.25, 0.3) is 0 Å². The second-order valence-corrected chi connectivity index (χ2v) is 2.72. The molecule has 0 amide bonds. The van der Waals surface area contributed by atoms with Crippen LogP contribution in [0.1, 0.15) is 22.8 Å². The van der Waals surface area contributed by atoms with Gasteiger partial charge in [-0.15, -0.1) is 0 Å². The van der Waals surface area contributed by atoms with Crippen molar-refractivity contribution >= 4 is 5.97 Å². The number of ether oxygens (including phenoxy) is 1. The van der Waals surface area contributed by atoms with Gasteiger partial charge in [0.05, 0.1) is 6.61 Å². The van der Waals surface area contributed by atoms with Crippen molar-refractivity contribution in [2.75, 3.05) is 6.61 Å². The fourth-order valence-corrected chi connectivity index (χ4v) is 1.01. The molecule has 3 nitrogen and oxygen atoms in total. The van der Waals surface area contributed by atoms with Gasteiger partial charge in [-0.1, -0.05) is 6.07 Å². The highest BCUT2D eigenvalue weighted by atomic mass is 16.5. The number of carbonyl (C=O) groups is 1. The first-order valence-electron chi connectivity index (χ1n) is 4.10. The summed E-state index contributed by atoms with van der Waals surface area (Å²) >= 11 is 0. The van der Waals surface area contributed by atoms with Crippen LogP contribution < -0.4 is 0 Å². The standard InChI is InChI=1S/C10H11O3/c1-3-13-10(12)8-6-7(2)4-5-9(8)11/h4-6H,3H2,1-2H3. The highest BCUT2D eigenvalue weighted by Gasteiger charge is 2.12. The Morgan fingerprint density at radius 2 is 2.15 bits per heavy atom. The minimum atomic E-state index is -0.545. The predicted octanol–water partition coefficient (Wildman–Crippen LogP) is 2.32. The molecule has 0 bridgehead atoms. The first-order chi connectivity index (χ1) is 6.15. The molecule has 0 spiro atoms. The fourth-order valence-electron chi connectivity index (χ4n) is 1.01. The molecule has 0 heterocycles. The molecule has 0 fully saturated rings. The second kappa shape index (κ2) is 3.94. The van der Waals surface area contributed by atoms with Crippen LogP contribution in [0.5, 0.6) is 5.75 Å². The molecule has 1 radical (unpaired) electrons. The van der Waals surface area contributed by atoms with Gasteiger partial charge < -0.3 is 4.74 Å². The van der Waals surface area contributed by atoms with Crippen molar-refractivity contribution in [3.05, 3.63) is 29.3 Å². The quantitative estimate of drug-likeness (QED) is 0.654. The third-order valence-corrected chi connectivity index (χ3v) is 1.63. The van der Waals surface area contributed by atoms with E-state index >= 15 is 0 Å². The summed E-state index contributed by atoms with van der Waals surface area (Å²) in [5.74, 6) is -0.833. The van der Waals surface area contributed by atoms with Crippen LogP contribution in [-0.2, 0) is 9.84 Å². The normalized spacial score (nSPS) is 9.69. The fraction of sp³-hybridized carbons (Fsp3) is 0.300. The van der Waals surface area contributed by atoms with Gasteiger partial charge in [-0.25, -0.2) is 4.79 Å². The Kier molecular flexibility index (Phi) is 2.90. The molecule has 0 saturated carbocycles. The number of carbonyl (C=O) groups excluding carboxylic acids is 1. The van der Waals surface area contributed by atoms with E-state index in [1.54, 1.807) is 19.1 Å². The van der Waals surface area contributed by atoms with Gasteiger partial charge in [-0.2, -0.15) is 0 Å². The molecule has 1 aromatic rings. The summed E-state index contributed by atoms with van der Waals surface area (Å²) in [6.45, 7) is 3.81. The predicted molar refractivity (Wildman–Crippen MR) is 47.3 cm³/mol. The summed E-state index contributed by atoms with van der Waals surface area (Å²) in [7, 11) is 0. The summed E-state index contributed by atoms with van der Waals surface area (Å²) in [6.07, 6.45) is 0. The van der Waals surface area contributed by atoms with Crippen molar-refractivity contribution in [3.63, 3.8) is 0 Å². The molecule has 0 aliphatic carbocycles. The smallest absolute Gasteiger partial charge is 0.342 e. The average Bonchev–Trinajstić information content (AvgIpc) is 2.09. The van der Waals surface area contributed by atoms with Gasteiger partial charge in [-0.05, 0) is 31.5 Å². The SMILES string of the molecule is CCOC(=O)c1cc(C)ccc1[O]. The summed E-state index contributed by atoms with van der Waals surface area (Å²) in [5, 5.41) is 11.2. The lowest BCUT2D eigenvalue weighted by molar-refractivity contribution is 0.0521. The van der Waals surface area contributed by atoms with E-state index < -0.39 is 5.97 Å². The van der Waals surface area contributed by atoms with Gasteiger partial charge in [-0.3, -0.25) is 5.11 Å². The van der Waals surface area contributed by atoms with E-state index in [4.69, 9.17) is 4.74 Å². The zero-order valence-corrected chi connectivity index (χ0v) is 7.66. The van der Waals surface area contributed by atoms with Crippen LogP contribution in [0.3, 0.4) is 0 Å². The van der Waals surface area contributed by atoms with Gasteiger partial charge in [0.15, 0.2) is 5.75 Å². The van der Waals surface area contributed by atoms with Crippen molar-refractivity contribution in [2.45, 2.75) is 13.8 Å². The molecule has 3 heteroatoms. The summed E-state index contributed by atoms with van der Waals surface area (Å²) in [5.41, 5.74) is 0.990. The Morgan fingerprint density at radius 3 is 2.77 bits per heavy atom. The Hall–Kier alpha value is -1.51. The van der Waals surface area contributed by atoms with Crippen LogP contribution in [-0.4, -0.2) is 12.6 Å². The lowest BCUT2D eigenvalue weighted by atomic mass is 10.1. The lowest BCUT2D eigenvalue weighted by Gasteiger charge is -2.02. The van der Waals surface area contributed by atoms with Crippen molar-refractivity contribution in [1.29, 1.82) is 0 Å². The molecular weight excluding hydrogens is 168 g/mol. The Morgan fingerprint density at radius 1 is 1.46 bits per heavy atom. The number of esters is 1. The third kappa shape index (κ3) is 2.21. The monoisotopic (exact) mass is 179 g/mol. The van der Waals surface area contributed by atoms with E-state index in [1.807, 2.05) is 6.92 Å². The molecule has 0 aliphatic heterocycles. The van der Waals surface area contributed by atoms with Crippen LogP contribution in [0.15, 0.2) is 18.2 Å². The molecular formula is C10H11O3. The molecule has 13 heavy (non-hydrogen) atoms. The van der Waals surface area contributed by atoms with Gasteiger partial charge in [0, 0.05) is 0 Å². The van der Waals surface area contributed by atoms with Crippen molar-refractivity contribution in [3.8, 4) is 5.75 Å². The van der Waals surface area contributed by atoms with Gasteiger partial charge in [0.25, 0.3) is 0 Å². The van der Waals surface area contributed by atoms with Crippen molar-refractivity contribution < 1.29 is 14.6 Å². The Labute approximate surface area is 77.0 Å². The lowest BCUT2D eigenvalue weighted by Crippen LogP contribution is -2.04. The van der Waals surface area contributed by atoms with E-state index in [9.17, 15) is 9.90 Å². The number of hydrogen-bond donors (Lipinski definition) is 0. The zero-order chi connectivity index (χ0) is 9.84. The highest BCUT2D eigenvalue weighted by Crippen LogP contribution is 2.19. The molecule has 0 N–H and O–H groups in total. The van der Waals surface area contributed by atoms with Crippen molar-refractivity contribution in [2.24, 2.45) is 0 Å². The third-order valence-electron chi connectivity index (χ3n) is 1.63. The topological polar surface area (TPSA) is 46.2 Å². The number of rotatable bonds is 2. The first-order valence-corrected chi connectivity index (χ1v) is 4.10. The van der Waals surface area contributed by atoms with E-state index in [0.717, 1.165) is 5.56 Å². The summed E-state index contributed by atoms with van der Waals surface area (Å²) in [6, 6.07) is 4.59. The first kappa shape index (κ1) is 9.58. The maximum atomic E-state index is 11.2. The van der Waals surface area contributed by atoms with Crippen LogP contribution in [0.4, 0.5) is 0 Å². The van der Waals surface area contributed by atoms with Gasteiger partial charge in [0.1, 0.15) is 5.56 Å². The maximum absolute atomic E-state index is 11.2. The van der Waals surface area contributed by atoms with E-state index in [0.29, 0.717) is 0 Å². The molecule has 0 aromatic heterocycles. The second-order valence-electron chi connectivity index (χ2n) is 2.72. The molecule has 0 unspecified atom stereocenters. The number of aryl methyl sites for hydroxylation is 1. The average molecular weight is 179 g/mol. The summed E-state index contributed by atoms with van der Waals surface area (Å²) < 4.78 is 4.72. The number of benzene rings is 1. The van der Waals surface area contributed by atoms with E-state index in [2.05, 4.69) is 0 Å². The summed E-state index contributed by atoms with van der Waals surface area (Å²) in [4.78, 5) is 11.2. The highest BCUT2D eigenvalue weighted by molar-refractivity contribution is 5.92. The molecule has 0 saturated heterocycles. The zero-order valence-electron chi connectivity index (χ0n) is 7.66. The maximum Gasteiger partial charge on any atom is 0.342 e. The molecule has 0 aliphatic rings. The van der Waals surface area contributed by atoms with Gasteiger partial charge >= 0.3 is 5.97 Å². The molecule has 0 atom stereocenters. The van der Waals surface area contributed by atoms with E-state index in [-0.39, 0.29) is 17.9 Å². The van der Waals surface area contributed by atoms with E-state index in [1.165, 1.54) is 6.07 Å². The molecule has 1 aromatic carbocycles. The largest absolute Gasteiger partial charge is 0.462 e. The van der Waals surface area contributed by atoms with Crippen molar-refractivity contribution in [1.82, 2.24) is 0 Å².